The first-order valence-electron chi connectivity index (χ1n) is 1.81. The van der Waals surface area contributed by atoms with Crippen LogP contribution in [0.2, 0.25) is 0 Å². The fourth-order valence-electron chi connectivity index (χ4n) is 0.142. The third-order valence-corrected chi connectivity index (χ3v) is 0.957. The molecular formula is C5H8S. The van der Waals surface area contributed by atoms with Gasteiger partial charge in [0.05, 0.1) is 0 Å². The molecule has 0 rings (SSSR count). The first-order chi connectivity index (χ1) is 2.91. The Morgan fingerprint density at radius 2 is 2.67 bits per heavy atom. The van der Waals surface area contributed by atoms with Crippen LogP contribution in [0.3, 0.4) is 0 Å². The highest BCUT2D eigenvalue weighted by molar-refractivity contribution is 8.02. The number of allylic oxidation sites excluding steroid dienone is 1. The lowest BCUT2D eigenvalue weighted by Gasteiger charge is -1.76. The first kappa shape index (κ1) is 6.09. The van der Waals surface area contributed by atoms with Crippen molar-refractivity contribution in [2.45, 2.75) is 6.92 Å². The summed E-state index contributed by atoms with van der Waals surface area (Å²) in [4.78, 5) is 0. The quantitative estimate of drug-likeness (QED) is 0.510. The highest BCUT2D eigenvalue weighted by Gasteiger charge is 1.65. The maximum Gasteiger partial charge on any atom is -0.00256 e. The van der Waals surface area contributed by atoms with Gasteiger partial charge in [0.2, 0.25) is 0 Å². The normalized spacial score (nSPS) is 10.3. The second-order valence-electron chi connectivity index (χ2n) is 0.777. The molecule has 6 heavy (non-hydrogen) atoms. The molecule has 0 atom stereocenters. The Kier molecular flexibility index (Phi) is 5.17. The van der Waals surface area contributed by atoms with E-state index in [1.165, 1.54) is 0 Å². The van der Waals surface area contributed by atoms with E-state index in [1.54, 1.807) is 11.8 Å². The molecule has 0 heterocycles. The van der Waals surface area contributed by atoms with Crippen molar-refractivity contribution in [2.24, 2.45) is 0 Å². The first-order valence-corrected chi connectivity index (χ1v) is 2.86. The minimum Gasteiger partial charge on any atom is -0.134 e. The van der Waals surface area contributed by atoms with Crippen LogP contribution in [0, 0.1) is 13.0 Å². The van der Waals surface area contributed by atoms with Gasteiger partial charge in [-0.3, -0.25) is 0 Å². The molecule has 1 heteroatoms. The van der Waals surface area contributed by atoms with Crippen LogP contribution in [0.25, 0.3) is 0 Å². The molecule has 0 aliphatic rings. The van der Waals surface area contributed by atoms with Crippen molar-refractivity contribution in [1.29, 1.82) is 0 Å². The van der Waals surface area contributed by atoms with Gasteiger partial charge in [0.15, 0.2) is 0 Å². The van der Waals surface area contributed by atoms with Gasteiger partial charge in [-0.2, -0.15) is 0 Å². The lowest BCUT2D eigenvalue weighted by Crippen LogP contribution is -1.55. The largest absolute Gasteiger partial charge is 0.134 e. The molecule has 0 nitrogen and oxygen atoms in total. The summed E-state index contributed by atoms with van der Waals surface area (Å²) in [6, 6.07) is 0. The van der Waals surface area contributed by atoms with Crippen LogP contribution in [-0.2, 0) is 0 Å². The van der Waals surface area contributed by atoms with Gasteiger partial charge in [0.1, 0.15) is 0 Å². The summed E-state index contributed by atoms with van der Waals surface area (Å²) in [7, 11) is 0. The lowest BCUT2D eigenvalue weighted by atomic mass is 10.8. The summed E-state index contributed by atoms with van der Waals surface area (Å²) in [5.74, 6) is 0.904. The van der Waals surface area contributed by atoms with Crippen molar-refractivity contribution < 1.29 is 0 Å². The summed E-state index contributed by atoms with van der Waals surface area (Å²) in [5, 5.41) is 1.91. The zero-order chi connectivity index (χ0) is 4.83. The molecule has 0 bridgehead atoms. The zero-order valence-corrected chi connectivity index (χ0v) is 4.72. The Balaban J connectivity index is 2.66. The number of hydrogen-bond donors (Lipinski definition) is 0. The average Bonchev–Trinajstić information content (AvgIpc) is 1.61. The molecule has 0 saturated carbocycles. The van der Waals surface area contributed by atoms with Crippen LogP contribution in [0.4, 0.5) is 0 Å². The van der Waals surface area contributed by atoms with Gasteiger partial charge in [-0.05, 0) is 31.1 Å². The molecule has 0 aliphatic carbocycles. The van der Waals surface area contributed by atoms with Crippen LogP contribution in [0.1, 0.15) is 6.92 Å². The second kappa shape index (κ2) is 5.09. The van der Waals surface area contributed by atoms with Gasteiger partial charge >= 0.3 is 0 Å². The Hall–Kier alpha value is 0.0900. The SMILES string of the molecule is [CH2]CS/C=[C]/C. The minimum atomic E-state index is 0.904. The second-order valence-corrected chi connectivity index (χ2v) is 1.75. The Bertz CT molecular complexity index is 39.2. The van der Waals surface area contributed by atoms with Gasteiger partial charge < -0.3 is 0 Å². The van der Waals surface area contributed by atoms with E-state index < -0.39 is 0 Å². The Morgan fingerprint density at radius 3 is 2.83 bits per heavy atom. The molecule has 0 saturated heterocycles. The van der Waals surface area contributed by atoms with Crippen molar-refractivity contribution >= 4 is 11.8 Å². The van der Waals surface area contributed by atoms with Gasteiger partial charge in [-0.1, -0.05) is 0 Å². The van der Waals surface area contributed by atoms with Crippen LogP contribution in [0.15, 0.2) is 5.41 Å². The summed E-state index contributed by atoms with van der Waals surface area (Å²) in [5.41, 5.74) is 0. The van der Waals surface area contributed by atoms with E-state index in [0.29, 0.717) is 0 Å². The van der Waals surface area contributed by atoms with E-state index in [4.69, 9.17) is 0 Å². The fourth-order valence-corrected chi connectivity index (χ4v) is 0.427. The molecule has 0 spiro atoms. The predicted molar refractivity (Wildman–Crippen MR) is 31.3 cm³/mol. The molecule has 0 amide bonds. The minimum absolute atomic E-state index is 0.904. The van der Waals surface area contributed by atoms with Gasteiger partial charge in [-0.15, -0.1) is 11.8 Å². The number of hydrogen-bond acceptors (Lipinski definition) is 1. The molecule has 2 radical (unpaired) electrons. The Labute approximate surface area is 43.6 Å². The standard InChI is InChI=1S/C5H8S/c1-3-5-6-4-2/h5H,2,4H2,1H3. The predicted octanol–water partition coefficient (Wildman–Crippen LogP) is 1.89. The molecule has 0 aromatic heterocycles. The Morgan fingerprint density at radius 1 is 2.00 bits per heavy atom. The van der Waals surface area contributed by atoms with Crippen LogP contribution in [0.5, 0.6) is 0 Å². The molecule has 0 unspecified atom stereocenters. The molecule has 0 fully saturated rings. The van der Waals surface area contributed by atoms with Crippen molar-refractivity contribution in [3.63, 3.8) is 0 Å². The topological polar surface area (TPSA) is 0 Å². The third-order valence-electron chi connectivity index (χ3n) is 0.319. The van der Waals surface area contributed by atoms with Crippen LogP contribution < -0.4 is 0 Å². The van der Waals surface area contributed by atoms with Crippen molar-refractivity contribution in [3.8, 4) is 0 Å². The zero-order valence-electron chi connectivity index (χ0n) is 3.90. The summed E-state index contributed by atoms with van der Waals surface area (Å²) < 4.78 is 0. The van der Waals surface area contributed by atoms with E-state index in [2.05, 4.69) is 13.0 Å². The summed E-state index contributed by atoms with van der Waals surface area (Å²) >= 11 is 1.66. The van der Waals surface area contributed by atoms with Gasteiger partial charge in [0, 0.05) is 0 Å². The van der Waals surface area contributed by atoms with Gasteiger partial charge in [0.25, 0.3) is 0 Å². The van der Waals surface area contributed by atoms with Crippen molar-refractivity contribution in [2.75, 3.05) is 5.75 Å². The van der Waals surface area contributed by atoms with E-state index >= 15 is 0 Å². The van der Waals surface area contributed by atoms with E-state index in [0.717, 1.165) is 5.75 Å². The van der Waals surface area contributed by atoms with Crippen molar-refractivity contribution in [1.82, 2.24) is 0 Å². The van der Waals surface area contributed by atoms with Crippen LogP contribution in [-0.4, -0.2) is 5.75 Å². The van der Waals surface area contributed by atoms with Gasteiger partial charge in [-0.25, -0.2) is 0 Å². The number of thioether (sulfide) groups is 1. The summed E-state index contributed by atoms with van der Waals surface area (Å²) in [6.07, 6.45) is 2.87. The molecule has 0 aromatic carbocycles. The maximum absolute atomic E-state index is 3.61. The molecule has 0 N–H and O–H groups in total. The van der Waals surface area contributed by atoms with E-state index in [-0.39, 0.29) is 0 Å². The fraction of sp³-hybridized carbons (Fsp3) is 0.400. The van der Waals surface area contributed by atoms with Crippen molar-refractivity contribution in [3.05, 3.63) is 18.4 Å². The highest BCUT2D eigenvalue weighted by atomic mass is 32.2. The van der Waals surface area contributed by atoms with E-state index in [1.807, 2.05) is 12.3 Å². The lowest BCUT2D eigenvalue weighted by molar-refractivity contribution is 1.69. The molecule has 34 valence electrons. The monoisotopic (exact) mass is 100 g/mol. The van der Waals surface area contributed by atoms with Crippen LogP contribution >= 0.6 is 11.8 Å². The highest BCUT2D eigenvalue weighted by Crippen LogP contribution is 1.96. The smallest absolute Gasteiger partial charge is 0.00256 e. The third kappa shape index (κ3) is 4.09. The molecular weight excluding hydrogens is 92.1 g/mol. The average molecular weight is 100 g/mol. The molecule has 0 aromatic rings. The number of rotatable bonds is 2. The maximum atomic E-state index is 3.61. The molecule has 0 aliphatic heterocycles. The summed E-state index contributed by atoms with van der Waals surface area (Å²) in [6.45, 7) is 5.49. The van der Waals surface area contributed by atoms with E-state index in [9.17, 15) is 0 Å².